The predicted octanol–water partition coefficient (Wildman–Crippen LogP) is 2.82. The number of ether oxygens (including phenoxy) is 1. The Hall–Kier alpha value is -1.40. The van der Waals surface area contributed by atoms with Crippen molar-refractivity contribution in [3.8, 4) is 0 Å². The molecule has 15 heavy (non-hydrogen) atoms. The molecule has 0 N–H and O–H groups in total. The number of carbonyl (C=O) groups excluding carboxylic acids is 1. The molecule has 0 aromatic carbocycles. The average molecular weight is 230 g/mol. The van der Waals surface area contributed by atoms with Crippen molar-refractivity contribution in [3.05, 3.63) is 23.8 Å². The van der Waals surface area contributed by atoms with Crippen LogP contribution in [-0.4, -0.2) is 18.8 Å². The predicted molar refractivity (Wildman–Crippen MR) is 41.1 cm³/mol. The number of hydrogen-bond acceptors (Lipinski definition) is 2. The summed E-state index contributed by atoms with van der Waals surface area (Å²) in [5.41, 5.74) is -2.34. The van der Waals surface area contributed by atoms with Gasteiger partial charge in [0.2, 0.25) is 0 Å². The van der Waals surface area contributed by atoms with E-state index in [1.807, 2.05) is 0 Å². The highest BCUT2D eigenvalue weighted by Crippen LogP contribution is 2.29. The molecule has 0 saturated heterocycles. The highest BCUT2D eigenvalue weighted by molar-refractivity contribution is 5.87. The molecule has 0 spiro atoms. The second-order valence-corrected chi connectivity index (χ2v) is 2.59. The highest BCUT2D eigenvalue weighted by atomic mass is 19.4. The Morgan fingerprint density at radius 2 is 1.80 bits per heavy atom. The fourth-order valence-electron chi connectivity index (χ4n) is 0.504. The monoisotopic (exact) mass is 230 g/mol. The number of alkyl halides is 3. The number of esters is 1. The van der Waals surface area contributed by atoms with Crippen LogP contribution in [0.15, 0.2) is 23.8 Å². The minimum atomic E-state index is -5.21. The molecule has 0 unspecified atom stereocenters. The van der Waals surface area contributed by atoms with E-state index in [1.54, 1.807) is 0 Å². The first-order valence-corrected chi connectivity index (χ1v) is 3.60. The van der Waals surface area contributed by atoms with Gasteiger partial charge in [0.05, 0.1) is 0 Å². The lowest BCUT2D eigenvalue weighted by atomic mass is 10.3. The molecule has 0 fully saturated rings. The fraction of sp³-hybridized carbons (Fsp3) is 0.375. The first-order chi connectivity index (χ1) is 6.66. The van der Waals surface area contributed by atoms with E-state index >= 15 is 0 Å². The van der Waals surface area contributed by atoms with Gasteiger partial charge in [-0.3, -0.25) is 0 Å². The SMILES string of the molecule is C=C(C)C(=O)OCC(=C(F)F)C(F)(F)F. The summed E-state index contributed by atoms with van der Waals surface area (Å²) < 4.78 is 63.2. The maximum absolute atomic E-state index is 11.9. The maximum atomic E-state index is 11.9. The second-order valence-electron chi connectivity index (χ2n) is 2.59. The molecule has 0 radical (unpaired) electrons. The topological polar surface area (TPSA) is 26.3 Å². The zero-order chi connectivity index (χ0) is 12.2. The van der Waals surface area contributed by atoms with Gasteiger partial charge in [-0.25, -0.2) is 4.79 Å². The molecule has 0 bridgehead atoms. The Morgan fingerprint density at radius 1 is 1.33 bits per heavy atom. The largest absolute Gasteiger partial charge is 0.457 e. The molecule has 0 amide bonds. The van der Waals surface area contributed by atoms with Gasteiger partial charge >= 0.3 is 12.1 Å². The van der Waals surface area contributed by atoms with Crippen molar-refractivity contribution in [1.29, 1.82) is 0 Å². The fourth-order valence-corrected chi connectivity index (χ4v) is 0.504. The van der Waals surface area contributed by atoms with Gasteiger partial charge in [-0.05, 0) is 6.92 Å². The van der Waals surface area contributed by atoms with Crippen molar-refractivity contribution in [1.82, 2.24) is 0 Å². The molecule has 2 nitrogen and oxygen atoms in total. The smallest absolute Gasteiger partial charge is 0.421 e. The summed E-state index contributed by atoms with van der Waals surface area (Å²) in [5.74, 6) is -1.15. The molecule has 7 heteroatoms. The number of carbonyl (C=O) groups is 1. The van der Waals surface area contributed by atoms with Gasteiger partial charge in [-0.2, -0.15) is 22.0 Å². The third kappa shape index (κ3) is 4.57. The molecular weight excluding hydrogens is 223 g/mol. The molecule has 0 saturated carbocycles. The highest BCUT2D eigenvalue weighted by Gasteiger charge is 2.38. The minimum absolute atomic E-state index is 0.171. The lowest BCUT2D eigenvalue weighted by molar-refractivity contribution is -0.141. The third-order valence-electron chi connectivity index (χ3n) is 1.27. The van der Waals surface area contributed by atoms with Crippen LogP contribution in [0.1, 0.15) is 6.92 Å². The van der Waals surface area contributed by atoms with Gasteiger partial charge < -0.3 is 4.74 Å². The molecule has 0 atom stereocenters. The Labute approximate surface area is 82.0 Å². The van der Waals surface area contributed by atoms with E-state index in [9.17, 15) is 26.7 Å². The first kappa shape index (κ1) is 13.6. The van der Waals surface area contributed by atoms with E-state index in [2.05, 4.69) is 11.3 Å². The summed E-state index contributed by atoms with van der Waals surface area (Å²) in [4.78, 5) is 10.6. The van der Waals surface area contributed by atoms with Crippen LogP contribution in [0.5, 0.6) is 0 Å². The zero-order valence-corrected chi connectivity index (χ0v) is 7.62. The van der Waals surface area contributed by atoms with Crippen molar-refractivity contribution < 1.29 is 31.5 Å². The summed E-state index contributed by atoms with van der Waals surface area (Å²) in [6, 6.07) is 0. The Balaban J connectivity index is 4.57. The van der Waals surface area contributed by atoms with Gasteiger partial charge in [0.1, 0.15) is 12.2 Å². The molecule has 86 valence electrons. The van der Waals surface area contributed by atoms with Crippen LogP contribution in [0.3, 0.4) is 0 Å². The summed E-state index contributed by atoms with van der Waals surface area (Å²) in [6.45, 7) is 2.75. The third-order valence-corrected chi connectivity index (χ3v) is 1.27. The molecule has 0 rings (SSSR count). The number of rotatable bonds is 3. The number of halogens is 5. The van der Waals surface area contributed by atoms with Crippen molar-refractivity contribution in [2.45, 2.75) is 13.1 Å². The molecule has 0 aliphatic heterocycles. The Morgan fingerprint density at radius 3 is 2.07 bits per heavy atom. The van der Waals surface area contributed by atoms with Gasteiger partial charge in [-0.1, -0.05) is 6.58 Å². The van der Waals surface area contributed by atoms with Crippen LogP contribution in [-0.2, 0) is 9.53 Å². The lowest BCUT2D eigenvalue weighted by Crippen LogP contribution is -2.20. The normalized spacial score (nSPS) is 10.8. The summed E-state index contributed by atoms with van der Waals surface area (Å²) in [7, 11) is 0. The van der Waals surface area contributed by atoms with Gasteiger partial charge in [-0.15, -0.1) is 0 Å². The van der Waals surface area contributed by atoms with Gasteiger partial charge in [0.25, 0.3) is 6.08 Å². The van der Waals surface area contributed by atoms with E-state index < -0.39 is 30.4 Å². The maximum Gasteiger partial charge on any atom is 0.421 e. The second kappa shape index (κ2) is 4.90. The van der Waals surface area contributed by atoms with Crippen molar-refractivity contribution in [2.75, 3.05) is 6.61 Å². The van der Waals surface area contributed by atoms with Crippen LogP contribution < -0.4 is 0 Å². The van der Waals surface area contributed by atoms with Crippen molar-refractivity contribution in [3.63, 3.8) is 0 Å². The zero-order valence-electron chi connectivity index (χ0n) is 7.62. The van der Waals surface area contributed by atoms with E-state index in [4.69, 9.17) is 0 Å². The summed E-state index contributed by atoms with van der Waals surface area (Å²) in [5, 5.41) is 0. The van der Waals surface area contributed by atoms with Gasteiger partial charge in [0, 0.05) is 5.57 Å². The van der Waals surface area contributed by atoms with Crippen molar-refractivity contribution >= 4 is 5.97 Å². The van der Waals surface area contributed by atoms with Crippen molar-refractivity contribution in [2.24, 2.45) is 0 Å². The molecule has 0 aromatic rings. The minimum Gasteiger partial charge on any atom is -0.457 e. The van der Waals surface area contributed by atoms with E-state index in [-0.39, 0.29) is 5.57 Å². The Bertz CT molecular complexity index is 299. The van der Waals surface area contributed by atoms with Crippen LogP contribution in [0, 0.1) is 0 Å². The standard InChI is InChI=1S/C8H7F5O2/c1-4(2)7(14)15-3-5(6(9)10)8(11,12)13/h1,3H2,2H3. The van der Waals surface area contributed by atoms with Crippen LogP contribution in [0.4, 0.5) is 22.0 Å². The quantitative estimate of drug-likeness (QED) is 0.423. The first-order valence-electron chi connectivity index (χ1n) is 3.60. The summed E-state index contributed by atoms with van der Waals surface area (Å²) in [6.07, 6.45) is -8.13. The molecule has 0 aliphatic carbocycles. The summed E-state index contributed by atoms with van der Waals surface area (Å²) >= 11 is 0. The average Bonchev–Trinajstić information content (AvgIpc) is 2.00. The van der Waals surface area contributed by atoms with E-state index in [0.717, 1.165) is 0 Å². The molecule has 0 aliphatic rings. The molecule has 0 aromatic heterocycles. The molecule has 0 heterocycles. The Kier molecular flexibility index (Phi) is 4.44. The lowest BCUT2D eigenvalue weighted by Gasteiger charge is -2.10. The van der Waals surface area contributed by atoms with E-state index in [1.165, 1.54) is 6.92 Å². The van der Waals surface area contributed by atoms with Crippen LogP contribution >= 0.6 is 0 Å². The molecular formula is C8H7F5O2. The van der Waals surface area contributed by atoms with Crippen LogP contribution in [0.2, 0.25) is 0 Å². The number of hydrogen-bond donors (Lipinski definition) is 0. The van der Waals surface area contributed by atoms with E-state index in [0.29, 0.717) is 0 Å². The van der Waals surface area contributed by atoms with Gasteiger partial charge in [0.15, 0.2) is 0 Å². The van der Waals surface area contributed by atoms with Crippen LogP contribution in [0.25, 0.3) is 0 Å².